The second-order valence-electron chi connectivity index (χ2n) is 7.30. The molecule has 4 heteroatoms. The van der Waals surface area contributed by atoms with Crippen molar-refractivity contribution in [3.05, 3.63) is 75.6 Å². The maximum Gasteiger partial charge on any atom is 0.139 e. The van der Waals surface area contributed by atoms with Crippen LogP contribution in [-0.2, 0) is 24.8 Å². The van der Waals surface area contributed by atoms with Gasteiger partial charge in [0.15, 0.2) is 0 Å². The summed E-state index contributed by atoms with van der Waals surface area (Å²) < 4.78 is 0. The molecule has 0 spiro atoms. The second-order valence-corrected chi connectivity index (χ2v) is 7.71. The highest BCUT2D eigenvalue weighted by Gasteiger charge is 2.39. The number of hydrogen-bond acceptors (Lipinski definition) is 2. The molecule has 3 aromatic rings. The lowest BCUT2D eigenvalue weighted by molar-refractivity contribution is 0.496. The molecular weight excluding hydrogens is 330 g/mol. The molecule has 2 aromatic carbocycles. The van der Waals surface area contributed by atoms with E-state index in [1.54, 1.807) is 0 Å². The highest BCUT2D eigenvalue weighted by molar-refractivity contribution is 6.33. The van der Waals surface area contributed by atoms with Crippen molar-refractivity contribution in [2.45, 2.75) is 31.7 Å². The van der Waals surface area contributed by atoms with Gasteiger partial charge in [-0.2, -0.15) is 0 Å². The standard InChI is InChI=1S/C21H20ClN3/c1-21(11-13-4-2-3-5-16(13)21)14-6-7-15(17(22)10-14)20-24-18-8-9-23-12-19(18)25-20/h2-7,10,23H,8-9,11-12H2,1H3,(H,24,25). The van der Waals surface area contributed by atoms with Gasteiger partial charge in [-0.1, -0.05) is 48.9 Å². The molecule has 25 heavy (non-hydrogen) atoms. The van der Waals surface area contributed by atoms with Gasteiger partial charge >= 0.3 is 0 Å². The third-order valence-corrected chi connectivity index (χ3v) is 6.03. The zero-order valence-electron chi connectivity index (χ0n) is 14.2. The van der Waals surface area contributed by atoms with Gasteiger partial charge in [-0.25, -0.2) is 4.98 Å². The van der Waals surface area contributed by atoms with Crippen LogP contribution in [0.3, 0.4) is 0 Å². The van der Waals surface area contributed by atoms with Crippen molar-refractivity contribution in [2.75, 3.05) is 6.54 Å². The molecule has 1 aliphatic heterocycles. The van der Waals surface area contributed by atoms with E-state index in [-0.39, 0.29) is 5.41 Å². The van der Waals surface area contributed by atoms with Crippen LogP contribution in [0.5, 0.6) is 0 Å². The maximum absolute atomic E-state index is 6.67. The van der Waals surface area contributed by atoms with Crippen molar-refractivity contribution >= 4 is 11.6 Å². The number of fused-ring (bicyclic) bond motifs is 2. The Morgan fingerprint density at radius 1 is 1.16 bits per heavy atom. The summed E-state index contributed by atoms with van der Waals surface area (Å²) in [5, 5.41) is 4.14. The van der Waals surface area contributed by atoms with Crippen molar-refractivity contribution in [1.29, 1.82) is 0 Å². The number of hydrogen-bond donors (Lipinski definition) is 2. The van der Waals surface area contributed by atoms with Crippen LogP contribution in [0.15, 0.2) is 42.5 Å². The first kappa shape index (κ1) is 15.2. The van der Waals surface area contributed by atoms with Gasteiger partial charge in [-0.05, 0) is 35.2 Å². The van der Waals surface area contributed by atoms with E-state index in [1.807, 2.05) is 0 Å². The number of benzene rings is 2. The summed E-state index contributed by atoms with van der Waals surface area (Å²) >= 11 is 6.67. The van der Waals surface area contributed by atoms with Crippen LogP contribution in [0.25, 0.3) is 11.4 Å². The minimum atomic E-state index is 0.0606. The smallest absolute Gasteiger partial charge is 0.139 e. The van der Waals surface area contributed by atoms with E-state index in [0.29, 0.717) is 0 Å². The summed E-state index contributed by atoms with van der Waals surface area (Å²) in [6.07, 6.45) is 2.04. The number of halogens is 1. The van der Waals surface area contributed by atoms with E-state index in [0.717, 1.165) is 48.0 Å². The average molecular weight is 350 g/mol. The van der Waals surface area contributed by atoms with Crippen LogP contribution >= 0.6 is 11.6 Å². The van der Waals surface area contributed by atoms with Crippen molar-refractivity contribution in [3.63, 3.8) is 0 Å². The van der Waals surface area contributed by atoms with E-state index < -0.39 is 0 Å². The maximum atomic E-state index is 6.67. The highest BCUT2D eigenvalue weighted by atomic mass is 35.5. The Labute approximate surface area is 152 Å². The number of aromatic amines is 1. The van der Waals surface area contributed by atoms with Crippen LogP contribution in [0.1, 0.15) is 35.0 Å². The Morgan fingerprint density at radius 3 is 2.84 bits per heavy atom. The number of H-pyrrole nitrogens is 1. The average Bonchev–Trinajstić information content (AvgIpc) is 3.04. The molecule has 1 aliphatic carbocycles. The normalized spacial score (nSPS) is 21.4. The number of imidazole rings is 1. The third-order valence-electron chi connectivity index (χ3n) is 5.72. The third kappa shape index (κ3) is 2.26. The van der Waals surface area contributed by atoms with Crippen molar-refractivity contribution < 1.29 is 0 Å². The molecule has 1 atom stereocenters. The van der Waals surface area contributed by atoms with E-state index in [2.05, 4.69) is 59.7 Å². The van der Waals surface area contributed by atoms with Crippen LogP contribution in [-0.4, -0.2) is 16.5 Å². The van der Waals surface area contributed by atoms with Gasteiger partial charge in [0, 0.05) is 30.5 Å². The van der Waals surface area contributed by atoms with Gasteiger partial charge < -0.3 is 10.3 Å². The van der Waals surface area contributed by atoms with Crippen LogP contribution in [0.4, 0.5) is 0 Å². The first-order valence-corrected chi connectivity index (χ1v) is 9.20. The molecule has 1 aromatic heterocycles. The molecule has 5 rings (SSSR count). The lowest BCUT2D eigenvalue weighted by atomic mass is 9.61. The van der Waals surface area contributed by atoms with E-state index in [9.17, 15) is 0 Å². The summed E-state index contributed by atoms with van der Waals surface area (Å²) in [7, 11) is 0. The Bertz CT molecular complexity index is 952. The Balaban J connectivity index is 1.52. The molecule has 3 nitrogen and oxygen atoms in total. The largest absolute Gasteiger partial charge is 0.341 e. The van der Waals surface area contributed by atoms with Crippen molar-refractivity contribution in [2.24, 2.45) is 0 Å². The quantitative estimate of drug-likeness (QED) is 0.726. The summed E-state index contributed by atoms with van der Waals surface area (Å²) in [6, 6.07) is 15.1. The van der Waals surface area contributed by atoms with Crippen LogP contribution in [0, 0.1) is 0 Å². The SMILES string of the molecule is CC1(c2ccc(-c3nc4c([nH]3)CNCC4)c(Cl)c2)Cc2ccccc21. The van der Waals surface area contributed by atoms with E-state index >= 15 is 0 Å². The molecule has 0 amide bonds. The summed E-state index contributed by atoms with van der Waals surface area (Å²) in [5.74, 6) is 0.879. The van der Waals surface area contributed by atoms with E-state index in [4.69, 9.17) is 16.6 Å². The zero-order chi connectivity index (χ0) is 17.0. The van der Waals surface area contributed by atoms with E-state index in [1.165, 1.54) is 22.4 Å². The molecule has 0 bridgehead atoms. The predicted octanol–water partition coefficient (Wildman–Crippen LogP) is 4.24. The van der Waals surface area contributed by atoms with Gasteiger partial charge in [0.1, 0.15) is 5.82 Å². The monoisotopic (exact) mass is 349 g/mol. The topological polar surface area (TPSA) is 40.7 Å². The second kappa shape index (κ2) is 5.45. The molecule has 2 N–H and O–H groups in total. The summed E-state index contributed by atoms with van der Waals surface area (Å²) in [4.78, 5) is 8.20. The molecule has 0 saturated carbocycles. The molecule has 2 aliphatic rings. The lowest BCUT2D eigenvalue weighted by Gasteiger charge is -2.42. The van der Waals surface area contributed by atoms with Crippen LogP contribution in [0.2, 0.25) is 5.02 Å². The highest BCUT2D eigenvalue weighted by Crippen LogP contribution is 2.46. The van der Waals surface area contributed by atoms with Gasteiger partial charge in [0.25, 0.3) is 0 Å². The number of nitrogens with one attached hydrogen (secondary N) is 2. The summed E-state index contributed by atoms with van der Waals surface area (Å²) in [5.41, 5.74) is 7.52. The number of aromatic nitrogens is 2. The summed E-state index contributed by atoms with van der Waals surface area (Å²) in [6.45, 7) is 4.15. The Kier molecular flexibility index (Phi) is 3.31. The molecule has 2 heterocycles. The van der Waals surface area contributed by atoms with Gasteiger partial charge in [-0.15, -0.1) is 0 Å². The molecule has 0 fully saturated rings. The van der Waals surface area contributed by atoms with Gasteiger partial charge in [0.2, 0.25) is 0 Å². The number of nitrogens with zero attached hydrogens (tertiary/aromatic N) is 1. The first-order valence-electron chi connectivity index (χ1n) is 8.82. The first-order chi connectivity index (χ1) is 12.1. The number of rotatable bonds is 2. The minimum Gasteiger partial charge on any atom is -0.341 e. The molecule has 1 unspecified atom stereocenters. The lowest BCUT2D eigenvalue weighted by Crippen LogP contribution is -2.36. The fraction of sp³-hybridized carbons (Fsp3) is 0.286. The fourth-order valence-corrected chi connectivity index (χ4v) is 4.51. The van der Waals surface area contributed by atoms with Gasteiger partial charge in [-0.3, -0.25) is 0 Å². The Hall–Kier alpha value is -2.10. The molecule has 0 radical (unpaired) electrons. The predicted molar refractivity (Wildman–Crippen MR) is 101 cm³/mol. The van der Waals surface area contributed by atoms with Crippen molar-refractivity contribution in [3.8, 4) is 11.4 Å². The van der Waals surface area contributed by atoms with Crippen LogP contribution < -0.4 is 5.32 Å². The van der Waals surface area contributed by atoms with Gasteiger partial charge in [0.05, 0.1) is 16.4 Å². The minimum absolute atomic E-state index is 0.0606. The molecule has 0 saturated heterocycles. The molecular formula is C21H20ClN3. The Morgan fingerprint density at radius 2 is 2.04 bits per heavy atom. The zero-order valence-corrected chi connectivity index (χ0v) is 15.0. The molecule has 126 valence electrons. The van der Waals surface area contributed by atoms with Crippen molar-refractivity contribution in [1.82, 2.24) is 15.3 Å². The fourth-order valence-electron chi connectivity index (χ4n) is 4.24.